The molecule has 2 aromatic heterocycles. The van der Waals surface area contributed by atoms with Gasteiger partial charge in [-0.2, -0.15) is 5.10 Å². The van der Waals surface area contributed by atoms with Gasteiger partial charge in [-0.15, -0.1) is 0 Å². The second-order valence-corrected chi connectivity index (χ2v) is 3.84. The van der Waals surface area contributed by atoms with Crippen LogP contribution < -0.4 is 5.73 Å². The summed E-state index contributed by atoms with van der Waals surface area (Å²) in [6.45, 7) is 1.92. The average molecular weight is 241 g/mol. The highest BCUT2D eigenvalue weighted by Crippen LogP contribution is 2.16. The fourth-order valence-electron chi connectivity index (χ4n) is 1.19. The van der Waals surface area contributed by atoms with Crippen LogP contribution in [0, 0.1) is 0 Å². The topological polar surface area (TPSA) is 56.2 Å². The van der Waals surface area contributed by atoms with Gasteiger partial charge in [0.05, 0.1) is 10.7 Å². The molecule has 1 unspecified atom stereocenters. The highest BCUT2D eigenvalue weighted by molar-refractivity contribution is 9.10. The van der Waals surface area contributed by atoms with Crippen molar-refractivity contribution in [1.82, 2.24) is 14.6 Å². The van der Waals surface area contributed by atoms with Gasteiger partial charge in [-0.3, -0.25) is 0 Å². The minimum atomic E-state index is -0.0359. The third-order valence-corrected chi connectivity index (χ3v) is 2.25. The van der Waals surface area contributed by atoms with Crippen molar-refractivity contribution in [3.05, 3.63) is 28.6 Å². The minimum Gasteiger partial charge on any atom is -0.324 e. The molecule has 2 aromatic rings. The summed E-state index contributed by atoms with van der Waals surface area (Å²) in [6, 6.07) is -0.0359. The summed E-state index contributed by atoms with van der Waals surface area (Å²) in [6.07, 6.45) is 5.34. The lowest BCUT2D eigenvalue weighted by Crippen LogP contribution is -2.04. The first-order valence-corrected chi connectivity index (χ1v) is 4.72. The van der Waals surface area contributed by atoms with E-state index < -0.39 is 0 Å². The van der Waals surface area contributed by atoms with E-state index in [1.807, 2.05) is 13.1 Å². The molecule has 2 heterocycles. The standard InChI is InChI=1S/C8H9BrN4/c1-5(10)7-3-12-13-4-6(9)2-11-8(7)13/h2-5H,10H2,1H3. The maximum atomic E-state index is 5.76. The van der Waals surface area contributed by atoms with Crippen LogP contribution in [0.4, 0.5) is 0 Å². The summed E-state index contributed by atoms with van der Waals surface area (Å²) in [5, 5.41) is 4.14. The molecule has 0 bridgehead atoms. The molecule has 2 rings (SSSR count). The Morgan fingerprint density at radius 2 is 2.31 bits per heavy atom. The Balaban J connectivity index is 2.69. The van der Waals surface area contributed by atoms with Gasteiger partial charge in [0.2, 0.25) is 0 Å². The molecule has 0 radical (unpaired) electrons. The largest absolute Gasteiger partial charge is 0.324 e. The van der Waals surface area contributed by atoms with Gasteiger partial charge in [0.25, 0.3) is 0 Å². The molecule has 1 atom stereocenters. The van der Waals surface area contributed by atoms with Crippen molar-refractivity contribution >= 4 is 21.6 Å². The SMILES string of the molecule is CC(N)c1cnn2cc(Br)cnc12. The van der Waals surface area contributed by atoms with Gasteiger partial charge in [0, 0.05) is 24.0 Å². The van der Waals surface area contributed by atoms with E-state index in [-0.39, 0.29) is 6.04 Å². The second-order valence-electron chi connectivity index (χ2n) is 2.93. The number of hydrogen-bond acceptors (Lipinski definition) is 3. The number of rotatable bonds is 1. The van der Waals surface area contributed by atoms with Crippen molar-refractivity contribution in [2.45, 2.75) is 13.0 Å². The monoisotopic (exact) mass is 240 g/mol. The Kier molecular flexibility index (Phi) is 2.05. The molecule has 68 valence electrons. The zero-order chi connectivity index (χ0) is 9.42. The number of nitrogens with zero attached hydrogens (tertiary/aromatic N) is 3. The number of halogens is 1. The Hall–Kier alpha value is -0.940. The normalized spacial score (nSPS) is 13.5. The zero-order valence-corrected chi connectivity index (χ0v) is 8.69. The van der Waals surface area contributed by atoms with Gasteiger partial charge in [-0.1, -0.05) is 0 Å². The van der Waals surface area contributed by atoms with Crippen LogP contribution in [-0.4, -0.2) is 14.6 Å². The van der Waals surface area contributed by atoms with Crippen molar-refractivity contribution in [3.8, 4) is 0 Å². The zero-order valence-electron chi connectivity index (χ0n) is 7.11. The van der Waals surface area contributed by atoms with Gasteiger partial charge < -0.3 is 5.73 Å². The molecule has 0 aliphatic heterocycles. The third-order valence-electron chi connectivity index (χ3n) is 1.84. The average Bonchev–Trinajstić information content (AvgIpc) is 2.46. The van der Waals surface area contributed by atoms with Crippen molar-refractivity contribution in [2.75, 3.05) is 0 Å². The highest BCUT2D eigenvalue weighted by Gasteiger charge is 2.08. The minimum absolute atomic E-state index is 0.0359. The number of fused-ring (bicyclic) bond motifs is 1. The molecular formula is C8H9BrN4. The molecule has 0 saturated heterocycles. The van der Waals surface area contributed by atoms with E-state index >= 15 is 0 Å². The van der Waals surface area contributed by atoms with E-state index in [4.69, 9.17) is 5.73 Å². The lowest BCUT2D eigenvalue weighted by atomic mass is 10.2. The summed E-state index contributed by atoms with van der Waals surface area (Å²) in [4.78, 5) is 4.24. The molecular weight excluding hydrogens is 232 g/mol. The van der Waals surface area contributed by atoms with E-state index in [1.165, 1.54) is 0 Å². The summed E-state index contributed by atoms with van der Waals surface area (Å²) in [7, 11) is 0. The molecule has 0 saturated carbocycles. The van der Waals surface area contributed by atoms with Crippen LogP contribution in [-0.2, 0) is 0 Å². The van der Waals surface area contributed by atoms with Crippen molar-refractivity contribution in [1.29, 1.82) is 0 Å². The van der Waals surface area contributed by atoms with Gasteiger partial charge >= 0.3 is 0 Å². The van der Waals surface area contributed by atoms with Crippen LogP contribution >= 0.6 is 15.9 Å². The van der Waals surface area contributed by atoms with Gasteiger partial charge in [0.1, 0.15) is 0 Å². The van der Waals surface area contributed by atoms with Gasteiger partial charge in [-0.05, 0) is 22.9 Å². The lowest BCUT2D eigenvalue weighted by Gasteiger charge is -2.00. The predicted octanol–water partition coefficient (Wildman–Crippen LogP) is 1.51. The molecule has 0 aliphatic carbocycles. The maximum absolute atomic E-state index is 5.76. The van der Waals surface area contributed by atoms with E-state index in [9.17, 15) is 0 Å². The van der Waals surface area contributed by atoms with E-state index in [0.29, 0.717) is 0 Å². The van der Waals surface area contributed by atoms with E-state index in [1.54, 1.807) is 16.9 Å². The second kappa shape index (κ2) is 3.08. The smallest absolute Gasteiger partial charge is 0.159 e. The third kappa shape index (κ3) is 1.45. The van der Waals surface area contributed by atoms with Crippen LogP contribution in [0.1, 0.15) is 18.5 Å². The van der Waals surface area contributed by atoms with Crippen molar-refractivity contribution < 1.29 is 0 Å². The lowest BCUT2D eigenvalue weighted by molar-refractivity contribution is 0.823. The van der Waals surface area contributed by atoms with Crippen LogP contribution in [0.2, 0.25) is 0 Å². The molecule has 2 N–H and O–H groups in total. The first kappa shape index (κ1) is 8.65. The van der Waals surface area contributed by atoms with Crippen molar-refractivity contribution in [2.24, 2.45) is 5.73 Å². The molecule has 0 aromatic carbocycles. The van der Waals surface area contributed by atoms with Crippen molar-refractivity contribution in [3.63, 3.8) is 0 Å². The summed E-state index contributed by atoms with van der Waals surface area (Å²) in [5.74, 6) is 0. The Bertz CT molecular complexity index is 435. The van der Waals surface area contributed by atoms with Crippen LogP contribution in [0.5, 0.6) is 0 Å². The Labute approximate surface area is 83.9 Å². The summed E-state index contributed by atoms with van der Waals surface area (Å²) >= 11 is 3.32. The fraction of sp³-hybridized carbons (Fsp3) is 0.250. The Morgan fingerprint density at radius 1 is 1.54 bits per heavy atom. The first-order valence-electron chi connectivity index (χ1n) is 3.93. The van der Waals surface area contributed by atoms with Crippen LogP contribution in [0.25, 0.3) is 5.65 Å². The number of nitrogens with two attached hydrogens (primary N) is 1. The highest BCUT2D eigenvalue weighted by atomic mass is 79.9. The molecule has 4 nitrogen and oxygen atoms in total. The maximum Gasteiger partial charge on any atom is 0.159 e. The molecule has 13 heavy (non-hydrogen) atoms. The quantitative estimate of drug-likeness (QED) is 0.823. The molecule has 0 amide bonds. The molecule has 0 fully saturated rings. The van der Waals surface area contributed by atoms with Gasteiger partial charge in [0.15, 0.2) is 5.65 Å². The van der Waals surface area contributed by atoms with E-state index in [0.717, 1.165) is 15.7 Å². The molecule has 0 spiro atoms. The summed E-state index contributed by atoms with van der Waals surface area (Å²) < 4.78 is 2.61. The molecule has 0 aliphatic rings. The van der Waals surface area contributed by atoms with E-state index in [2.05, 4.69) is 26.0 Å². The summed E-state index contributed by atoms with van der Waals surface area (Å²) in [5.41, 5.74) is 7.54. The molecule has 5 heteroatoms. The first-order chi connectivity index (χ1) is 6.18. The van der Waals surface area contributed by atoms with Crippen LogP contribution in [0.3, 0.4) is 0 Å². The van der Waals surface area contributed by atoms with Gasteiger partial charge in [-0.25, -0.2) is 9.50 Å². The fourth-order valence-corrected chi connectivity index (χ4v) is 1.49. The number of aromatic nitrogens is 3. The number of hydrogen-bond donors (Lipinski definition) is 1. The Morgan fingerprint density at radius 3 is 3.00 bits per heavy atom. The van der Waals surface area contributed by atoms with Crippen LogP contribution in [0.15, 0.2) is 23.1 Å². The predicted molar refractivity (Wildman–Crippen MR) is 53.3 cm³/mol.